The summed E-state index contributed by atoms with van der Waals surface area (Å²) in [4.78, 5) is 4.35. The van der Waals surface area contributed by atoms with Gasteiger partial charge in [-0.3, -0.25) is 4.99 Å². The molecule has 0 saturated carbocycles. The van der Waals surface area contributed by atoms with Gasteiger partial charge in [-0.2, -0.15) is 0 Å². The monoisotopic (exact) mass is 540 g/mol. The van der Waals surface area contributed by atoms with E-state index in [2.05, 4.69) is 69.4 Å². The van der Waals surface area contributed by atoms with E-state index in [0.29, 0.717) is 19.0 Å². The third-order valence-corrected chi connectivity index (χ3v) is 5.43. The van der Waals surface area contributed by atoms with Crippen molar-refractivity contribution in [2.45, 2.75) is 72.5 Å². The molecule has 0 radical (unpaired) electrons. The molecule has 1 aliphatic heterocycles. The van der Waals surface area contributed by atoms with E-state index in [9.17, 15) is 0 Å². The Kier molecular flexibility index (Phi) is 10.6. The van der Waals surface area contributed by atoms with Gasteiger partial charge in [0.05, 0.1) is 13.2 Å². The Balaban J connectivity index is 0.00000341. The molecule has 0 unspecified atom stereocenters. The molecule has 3 rings (SSSR count). The zero-order valence-corrected chi connectivity index (χ0v) is 21.6. The van der Waals surface area contributed by atoms with Crippen LogP contribution >= 0.6 is 24.0 Å². The topological polar surface area (TPSA) is 76.4 Å². The maximum atomic E-state index is 6.09. The Bertz CT molecular complexity index is 849. The first-order valence-corrected chi connectivity index (χ1v) is 11.1. The molecule has 8 heteroatoms. The lowest BCUT2D eigenvalue weighted by atomic mass is 10.1. The van der Waals surface area contributed by atoms with Gasteiger partial charge in [0, 0.05) is 32.1 Å². The van der Waals surface area contributed by atoms with E-state index in [4.69, 9.17) is 4.74 Å². The summed E-state index contributed by atoms with van der Waals surface area (Å²) in [6, 6.07) is 6.37. The second-order valence-corrected chi connectivity index (χ2v) is 8.42. The van der Waals surface area contributed by atoms with E-state index >= 15 is 0 Å². The van der Waals surface area contributed by atoms with Crippen LogP contribution in [0.5, 0.6) is 5.75 Å². The molecule has 1 aliphatic rings. The predicted octanol–water partition coefficient (Wildman–Crippen LogP) is 4.22. The lowest BCUT2D eigenvalue weighted by molar-refractivity contribution is 0.294. The fourth-order valence-electron chi connectivity index (χ4n) is 3.68. The SMILES string of the molecule is CN=C(NCc1ccc(C)cc1OCCCC(C)C)NCc1nnc2n1CCCC2.I. The summed E-state index contributed by atoms with van der Waals surface area (Å²) in [5.74, 6) is 4.47. The van der Waals surface area contributed by atoms with E-state index in [-0.39, 0.29) is 24.0 Å². The van der Waals surface area contributed by atoms with Crippen LogP contribution in [-0.4, -0.2) is 34.4 Å². The van der Waals surface area contributed by atoms with Crippen LogP contribution in [0.25, 0.3) is 0 Å². The number of guanidine groups is 1. The van der Waals surface area contributed by atoms with E-state index in [1.165, 1.54) is 24.8 Å². The smallest absolute Gasteiger partial charge is 0.191 e. The first-order chi connectivity index (χ1) is 14.6. The van der Waals surface area contributed by atoms with Crippen molar-refractivity contribution in [2.75, 3.05) is 13.7 Å². The average molecular weight is 540 g/mol. The van der Waals surface area contributed by atoms with Crippen molar-refractivity contribution in [3.63, 3.8) is 0 Å². The molecule has 0 bridgehead atoms. The van der Waals surface area contributed by atoms with Crippen LogP contribution in [0.4, 0.5) is 0 Å². The Morgan fingerprint density at radius 3 is 2.77 bits per heavy atom. The third kappa shape index (κ3) is 7.66. The molecule has 2 heterocycles. The number of fused-ring (bicyclic) bond motifs is 1. The van der Waals surface area contributed by atoms with Crippen molar-refractivity contribution in [1.82, 2.24) is 25.4 Å². The standard InChI is InChI=1S/C23H36N6O.HI/c1-17(2)8-7-13-30-20-14-18(3)10-11-19(20)15-25-23(24-4)26-16-22-28-27-21-9-5-6-12-29(21)22;/h10-11,14,17H,5-9,12-13,15-16H2,1-4H3,(H2,24,25,26);1H. The highest BCUT2D eigenvalue weighted by Crippen LogP contribution is 2.21. The van der Waals surface area contributed by atoms with Crippen molar-refractivity contribution in [2.24, 2.45) is 10.9 Å². The number of nitrogens with one attached hydrogen (secondary N) is 2. The minimum Gasteiger partial charge on any atom is -0.493 e. The summed E-state index contributed by atoms with van der Waals surface area (Å²) in [6.07, 6.45) is 5.67. The van der Waals surface area contributed by atoms with Crippen molar-refractivity contribution in [3.8, 4) is 5.75 Å². The summed E-state index contributed by atoms with van der Waals surface area (Å²) in [5, 5.41) is 15.4. The molecule has 1 aromatic carbocycles. The van der Waals surface area contributed by atoms with E-state index < -0.39 is 0 Å². The number of benzene rings is 1. The van der Waals surface area contributed by atoms with Gasteiger partial charge in [0.25, 0.3) is 0 Å². The highest BCUT2D eigenvalue weighted by atomic mass is 127. The first kappa shape index (κ1) is 25.4. The van der Waals surface area contributed by atoms with Crippen molar-refractivity contribution >= 4 is 29.9 Å². The number of nitrogens with zero attached hydrogens (tertiary/aromatic N) is 4. The quantitative estimate of drug-likeness (QED) is 0.216. The lowest BCUT2D eigenvalue weighted by Gasteiger charge is -2.17. The summed E-state index contributed by atoms with van der Waals surface area (Å²) in [7, 11) is 1.78. The molecular weight excluding hydrogens is 503 g/mol. The number of hydrogen-bond acceptors (Lipinski definition) is 4. The van der Waals surface area contributed by atoms with Crippen LogP contribution in [-0.2, 0) is 26.1 Å². The summed E-state index contributed by atoms with van der Waals surface area (Å²) in [6.45, 7) is 9.60. The van der Waals surface area contributed by atoms with Gasteiger partial charge < -0.3 is 19.9 Å². The molecule has 2 N–H and O–H groups in total. The number of aryl methyl sites for hydroxylation is 2. The molecule has 172 valence electrons. The van der Waals surface area contributed by atoms with Gasteiger partial charge in [-0.15, -0.1) is 34.2 Å². The van der Waals surface area contributed by atoms with Crippen LogP contribution in [0.2, 0.25) is 0 Å². The van der Waals surface area contributed by atoms with Gasteiger partial charge in [-0.25, -0.2) is 0 Å². The Hall–Kier alpha value is -1.84. The second-order valence-electron chi connectivity index (χ2n) is 8.42. The van der Waals surface area contributed by atoms with Crippen molar-refractivity contribution in [3.05, 3.63) is 41.0 Å². The van der Waals surface area contributed by atoms with Gasteiger partial charge in [-0.1, -0.05) is 26.0 Å². The Morgan fingerprint density at radius 1 is 1.19 bits per heavy atom. The maximum Gasteiger partial charge on any atom is 0.191 e. The molecule has 0 amide bonds. The number of rotatable bonds is 9. The van der Waals surface area contributed by atoms with Gasteiger partial charge in [-0.05, 0) is 50.2 Å². The van der Waals surface area contributed by atoms with E-state index in [1.54, 1.807) is 7.05 Å². The van der Waals surface area contributed by atoms with E-state index in [1.807, 2.05) is 0 Å². The van der Waals surface area contributed by atoms with Crippen LogP contribution in [0.3, 0.4) is 0 Å². The maximum absolute atomic E-state index is 6.09. The van der Waals surface area contributed by atoms with Gasteiger partial charge in [0.2, 0.25) is 0 Å². The number of halogens is 1. The lowest BCUT2D eigenvalue weighted by Crippen LogP contribution is -2.37. The zero-order valence-electron chi connectivity index (χ0n) is 19.3. The Labute approximate surface area is 203 Å². The molecule has 0 atom stereocenters. The largest absolute Gasteiger partial charge is 0.493 e. The first-order valence-electron chi connectivity index (χ1n) is 11.1. The molecule has 0 spiro atoms. The van der Waals surface area contributed by atoms with Gasteiger partial charge >= 0.3 is 0 Å². The third-order valence-electron chi connectivity index (χ3n) is 5.43. The summed E-state index contributed by atoms with van der Waals surface area (Å²) >= 11 is 0. The number of aromatic nitrogens is 3. The Morgan fingerprint density at radius 2 is 2.00 bits per heavy atom. The number of ether oxygens (including phenoxy) is 1. The van der Waals surface area contributed by atoms with E-state index in [0.717, 1.165) is 54.9 Å². The summed E-state index contributed by atoms with van der Waals surface area (Å²) < 4.78 is 8.32. The molecule has 0 aliphatic carbocycles. The van der Waals surface area contributed by atoms with Crippen LogP contribution in [0.15, 0.2) is 23.2 Å². The molecule has 31 heavy (non-hydrogen) atoms. The molecule has 7 nitrogen and oxygen atoms in total. The number of hydrogen-bond donors (Lipinski definition) is 2. The zero-order chi connectivity index (χ0) is 21.3. The highest BCUT2D eigenvalue weighted by molar-refractivity contribution is 14.0. The number of aliphatic imine (C=N–C) groups is 1. The van der Waals surface area contributed by atoms with Crippen molar-refractivity contribution < 1.29 is 4.74 Å². The molecule has 2 aromatic rings. The highest BCUT2D eigenvalue weighted by Gasteiger charge is 2.15. The molecule has 1 aromatic heterocycles. The fraction of sp³-hybridized carbons (Fsp3) is 0.609. The van der Waals surface area contributed by atoms with Crippen LogP contribution in [0, 0.1) is 12.8 Å². The van der Waals surface area contributed by atoms with Crippen LogP contribution in [0.1, 0.15) is 62.3 Å². The van der Waals surface area contributed by atoms with Gasteiger partial charge in [0.15, 0.2) is 11.8 Å². The normalized spacial score (nSPS) is 13.5. The molecule has 0 saturated heterocycles. The predicted molar refractivity (Wildman–Crippen MR) is 136 cm³/mol. The summed E-state index contributed by atoms with van der Waals surface area (Å²) in [5.41, 5.74) is 2.34. The average Bonchev–Trinajstić information content (AvgIpc) is 3.15. The van der Waals surface area contributed by atoms with Crippen LogP contribution < -0.4 is 15.4 Å². The molecule has 0 fully saturated rings. The van der Waals surface area contributed by atoms with Gasteiger partial charge in [0.1, 0.15) is 11.6 Å². The second kappa shape index (κ2) is 12.9. The fourth-order valence-corrected chi connectivity index (χ4v) is 3.68. The minimum atomic E-state index is 0. The van der Waals surface area contributed by atoms with Crippen molar-refractivity contribution in [1.29, 1.82) is 0 Å². The minimum absolute atomic E-state index is 0. The molecular formula is C23H37IN6O.